The van der Waals surface area contributed by atoms with Crippen LogP contribution in [0.1, 0.15) is 84.1 Å². The van der Waals surface area contributed by atoms with Gasteiger partial charge in [-0.25, -0.2) is 4.39 Å². The number of likely N-dealkylation sites (tertiary alicyclic amines) is 1. The maximum Gasteiger partial charge on any atom is 0.266 e. The number of rotatable bonds is 17. The maximum absolute atomic E-state index is 14.0. The van der Waals surface area contributed by atoms with E-state index in [1.165, 1.54) is 12.1 Å². The van der Waals surface area contributed by atoms with Crippen molar-refractivity contribution in [1.82, 2.24) is 20.1 Å². The van der Waals surface area contributed by atoms with Gasteiger partial charge in [0.2, 0.25) is 23.6 Å². The lowest BCUT2D eigenvalue weighted by Crippen LogP contribution is -2.56. The van der Waals surface area contributed by atoms with Crippen LogP contribution >= 0.6 is 0 Å². The molecule has 4 aromatic rings. The number of benzene rings is 3. The number of amides is 6. The Morgan fingerprint density at radius 2 is 1.62 bits per heavy atom. The molecule has 2 saturated heterocycles. The second-order valence-corrected chi connectivity index (χ2v) is 16.5. The maximum atomic E-state index is 14.0. The van der Waals surface area contributed by atoms with E-state index in [0.29, 0.717) is 30.4 Å². The lowest BCUT2D eigenvalue weighted by atomic mass is 9.73. The number of ether oxygens (including phenoxy) is 4. The molecule has 0 bridgehead atoms. The van der Waals surface area contributed by atoms with Gasteiger partial charge in [-0.3, -0.25) is 44.0 Å². The third-order valence-electron chi connectivity index (χ3n) is 12.4. The quantitative estimate of drug-likeness (QED) is 0.102. The summed E-state index contributed by atoms with van der Waals surface area (Å²) in [6.07, 6.45) is 5.68. The van der Waals surface area contributed by atoms with Gasteiger partial charge >= 0.3 is 0 Å². The van der Waals surface area contributed by atoms with E-state index in [9.17, 15) is 33.2 Å². The third-order valence-corrected chi connectivity index (χ3v) is 12.4. The van der Waals surface area contributed by atoms with E-state index in [1.807, 2.05) is 37.3 Å². The van der Waals surface area contributed by atoms with Crippen molar-refractivity contribution in [1.29, 1.82) is 0 Å². The second-order valence-electron chi connectivity index (χ2n) is 16.5. The molecule has 63 heavy (non-hydrogen) atoms. The summed E-state index contributed by atoms with van der Waals surface area (Å²) in [5, 5.41) is 6.10. The minimum Gasteiger partial charge on any atom is -0.490 e. The number of fused-ring (bicyclic) bond motifs is 2. The van der Waals surface area contributed by atoms with Gasteiger partial charge in [0.05, 0.1) is 62.6 Å². The molecule has 8 rings (SSSR count). The summed E-state index contributed by atoms with van der Waals surface area (Å²) in [5.74, 6) is -1.43. The first-order valence-corrected chi connectivity index (χ1v) is 21.6. The summed E-state index contributed by atoms with van der Waals surface area (Å²) >= 11 is 0. The number of anilines is 1. The summed E-state index contributed by atoms with van der Waals surface area (Å²) < 4.78 is 37.0. The molecule has 1 unspecified atom stereocenters. The first-order chi connectivity index (χ1) is 30.5. The standard InChI is InChI=1S/C47H50FN5O10/c1-28(29-5-7-30(8-6-29)35-17-19-49-38-14-9-31(48)25-37(35)38)44(56)50-32-10-12-33(13-11-32)63-34-26-52(27-34)42(55)18-20-60-21-22-61-23-24-62-40-4-2-3-36-43(40)47(59)53(46(36)58)39-15-16-41(54)51-45(39)57/h2-4,9-14,17,19,25,28-30,34,39H,5-8,15-16,18,20-24,26-27H2,1H3,(H,50,56)(H,51,54,57)/t28-,29-,30+,39?/m1/s1. The van der Waals surface area contributed by atoms with Crippen molar-refractivity contribution in [2.75, 3.05) is 51.4 Å². The molecule has 3 fully saturated rings. The molecular weight excluding hydrogens is 814 g/mol. The number of nitrogens with zero attached hydrogens (tertiary/aromatic N) is 3. The SMILES string of the molecule is C[C@@H](C(=O)Nc1ccc(OC2CN(C(=O)CCOCCOCCOc3cccc4c3C(=O)N(C3CCC(=O)NC3=O)C4=O)C2)cc1)[C@H]1CC[C@@H](c2ccnc3ccc(F)cc32)CC1. The number of nitrogens with one attached hydrogen (secondary N) is 2. The predicted molar refractivity (Wildman–Crippen MR) is 226 cm³/mol. The molecule has 4 aliphatic rings. The van der Waals surface area contributed by atoms with Gasteiger partial charge in [-0.05, 0) is 110 Å². The fourth-order valence-electron chi connectivity index (χ4n) is 8.88. The molecule has 3 aromatic carbocycles. The first-order valence-electron chi connectivity index (χ1n) is 21.6. The number of halogens is 1. The summed E-state index contributed by atoms with van der Waals surface area (Å²) in [6.45, 7) is 3.93. The number of pyridine rings is 1. The Balaban J connectivity index is 0.671. The molecule has 4 heterocycles. The van der Waals surface area contributed by atoms with Crippen LogP contribution in [-0.4, -0.2) is 108 Å². The van der Waals surface area contributed by atoms with Crippen LogP contribution in [0, 0.1) is 17.7 Å². The zero-order valence-electron chi connectivity index (χ0n) is 35.0. The Kier molecular flexibility index (Phi) is 13.4. The van der Waals surface area contributed by atoms with Crippen LogP contribution < -0.4 is 20.1 Å². The fraction of sp³-hybridized carbons (Fsp3) is 0.426. The van der Waals surface area contributed by atoms with E-state index in [-0.39, 0.29) is 105 Å². The highest BCUT2D eigenvalue weighted by atomic mass is 19.1. The molecule has 0 radical (unpaired) electrons. The van der Waals surface area contributed by atoms with Gasteiger partial charge < -0.3 is 29.2 Å². The molecule has 1 saturated carbocycles. The molecule has 330 valence electrons. The Labute approximate surface area is 363 Å². The average molecular weight is 864 g/mol. The van der Waals surface area contributed by atoms with Crippen LogP contribution in [0.5, 0.6) is 11.5 Å². The fourth-order valence-corrected chi connectivity index (χ4v) is 8.88. The van der Waals surface area contributed by atoms with Crippen molar-refractivity contribution >= 4 is 52.0 Å². The molecule has 16 heteroatoms. The predicted octanol–water partition coefficient (Wildman–Crippen LogP) is 5.42. The van der Waals surface area contributed by atoms with Crippen LogP contribution in [0.15, 0.2) is 72.9 Å². The summed E-state index contributed by atoms with van der Waals surface area (Å²) in [5.41, 5.74) is 2.83. The molecule has 2 atom stereocenters. The van der Waals surface area contributed by atoms with E-state index in [0.717, 1.165) is 47.0 Å². The lowest BCUT2D eigenvalue weighted by molar-refractivity contribution is -0.141. The van der Waals surface area contributed by atoms with Crippen molar-refractivity contribution in [3.8, 4) is 11.5 Å². The van der Waals surface area contributed by atoms with Crippen molar-refractivity contribution in [2.24, 2.45) is 11.8 Å². The minimum atomic E-state index is -1.06. The van der Waals surface area contributed by atoms with Crippen LogP contribution in [0.2, 0.25) is 0 Å². The van der Waals surface area contributed by atoms with Gasteiger partial charge in [0.1, 0.15) is 36.1 Å². The van der Waals surface area contributed by atoms with Crippen LogP contribution in [0.3, 0.4) is 0 Å². The molecule has 6 amide bonds. The van der Waals surface area contributed by atoms with E-state index in [1.54, 1.807) is 35.4 Å². The smallest absolute Gasteiger partial charge is 0.266 e. The number of imide groups is 2. The molecule has 1 aromatic heterocycles. The Morgan fingerprint density at radius 3 is 2.38 bits per heavy atom. The Bertz CT molecular complexity index is 2380. The molecular formula is C47H50FN5O10. The van der Waals surface area contributed by atoms with Crippen LogP contribution in [-0.2, 0) is 28.7 Å². The van der Waals surface area contributed by atoms with Gasteiger partial charge in [-0.15, -0.1) is 0 Å². The normalized spacial score (nSPS) is 20.6. The highest BCUT2D eigenvalue weighted by molar-refractivity contribution is 6.24. The van der Waals surface area contributed by atoms with Gasteiger partial charge in [-0.2, -0.15) is 0 Å². The van der Waals surface area contributed by atoms with Crippen molar-refractivity contribution in [3.63, 3.8) is 0 Å². The highest BCUT2D eigenvalue weighted by Gasteiger charge is 2.46. The third kappa shape index (κ3) is 9.87. The average Bonchev–Trinajstić information content (AvgIpc) is 3.52. The number of piperidine rings is 1. The van der Waals surface area contributed by atoms with Gasteiger partial charge in [-0.1, -0.05) is 13.0 Å². The molecule has 1 aliphatic carbocycles. The monoisotopic (exact) mass is 863 g/mol. The second kappa shape index (κ2) is 19.4. The van der Waals surface area contributed by atoms with E-state index in [4.69, 9.17) is 18.9 Å². The van der Waals surface area contributed by atoms with E-state index < -0.39 is 29.7 Å². The zero-order valence-corrected chi connectivity index (χ0v) is 35.0. The topological polar surface area (TPSA) is 183 Å². The molecule has 2 N–H and O–H groups in total. The number of hydrogen-bond acceptors (Lipinski definition) is 11. The first kappa shape index (κ1) is 43.4. The zero-order chi connectivity index (χ0) is 44.0. The van der Waals surface area contributed by atoms with Crippen molar-refractivity contribution in [3.05, 3.63) is 95.4 Å². The van der Waals surface area contributed by atoms with Gasteiger partial charge in [0.15, 0.2) is 0 Å². The van der Waals surface area contributed by atoms with E-state index >= 15 is 0 Å². The molecule has 15 nitrogen and oxygen atoms in total. The lowest BCUT2D eigenvalue weighted by Gasteiger charge is -2.39. The van der Waals surface area contributed by atoms with Gasteiger partial charge in [0.25, 0.3) is 11.8 Å². The Morgan fingerprint density at radius 1 is 0.873 bits per heavy atom. The highest BCUT2D eigenvalue weighted by Crippen LogP contribution is 2.41. The number of hydrogen-bond donors (Lipinski definition) is 2. The largest absolute Gasteiger partial charge is 0.490 e. The van der Waals surface area contributed by atoms with Crippen molar-refractivity contribution < 1.29 is 52.1 Å². The minimum absolute atomic E-state index is 0.0201. The number of aromatic nitrogens is 1. The number of carbonyl (C=O) groups excluding carboxylic acids is 6. The van der Waals surface area contributed by atoms with Crippen LogP contribution in [0.4, 0.5) is 10.1 Å². The van der Waals surface area contributed by atoms with Crippen LogP contribution in [0.25, 0.3) is 10.9 Å². The summed E-state index contributed by atoms with van der Waals surface area (Å²) in [7, 11) is 0. The van der Waals surface area contributed by atoms with Crippen molar-refractivity contribution in [2.45, 2.75) is 69.9 Å². The van der Waals surface area contributed by atoms with Gasteiger partial charge in [0, 0.05) is 29.6 Å². The number of carbonyl (C=O) groups is 6. The molecule has 3 aliphatic heterocycles. The summed E-state index contributed by atoms with van der Waals surface area (Å²) in [4.78, 5) is 83.0. The van der Waals surface area contributed by atoms with E-state index in [2.05, 4.69) is 15.6 Å². The summed E-state index contributed by atoms with van der Waals surface area (Å²) in [6, 6.07) is 17.6. The Hall–Kier alpha value is -6.26. The molecule has 0 spiro atoms.